The molecule has 10 nitrogen and oxygen atoms in total. The van der Waals surface area contributed by atoms with Crippen LogP contribution in [0.5, 0.6) is 0 Å². The van der Waals surface area contributed by atoms with Crippen LogP contribution in [0.3, 0.4) is 0 Å². The highest BCUT2D eigenvalue weighted by molar-refractivity contribution is 5.70. The third kappa shape index (κ3) is 4.50. The SMILES string of the molecule is COC(=O)CO[C@@H]1[C@@H](n2cc(-c3cc(F)c(F)c(F)c3)nn2)[C@H]2OC(C)(C)OC[C@H]2O[C@@]12CCCO2. The molecule has 0 radical (unpaired) electrons. The summed E-state index contributed by atoms with van der Waals surface area (Å²) in [6, 6.07) is 0.923. The van der Waals surface area contributed by atoms with Crippen molar-refractivity contribution in [3.8, 4) is 11.3 Å². The van der Waals surface area contributed by atoms with Crippen LogP contribution in [-0.4, -0.2) is 77.8 Å². The first-order valence-corrected chi connectivity index (χ1v) is 11.5. The number of carbonyl (C=O) groups is 1. The number of carbonyl (C=O) groups excluding carboxylic acids is 1. The van der Waals surface area contributed by atoms with E-state index in [1.165, 1.54) is 18.0 Å². The van der Waals surface area contributed by atoms with Gasteiger partial charge in [0.2, 0.25) is 0 Å². The summed E-state index contributed by atoms with van der Waals surface area (Å²) >= 11 is 0. The topological polar surface area (TPSA) is 103 Å². The molecule has 3 fully saturated rings. The molecule has 5 atom stereocenters. The Morgan fingerprint density at radius 3 is 2.61 bits per heavy atom. The zero-order chi connectivity index (χ0) is 25.7. The van der Waals surface area contributed by atoms with Gasteiger partial charge in [0.1, 0.15) is 36.7 Å². The maximum Gasteiger partial charge on any atom is 0.331 e. The Hall–Kier alpha value is -2.58. The van der Waals surface area contributed by atoms with E-state index in [0.717, 1.165) is 12.1 Å². The van der Waals surface area contributed by atoms with Gasteiger partial charge in [-0.3, -0.25) is 0 Å². The largest absolute Gasteiger partial charge is 0.467 e. The average molecular weight is 513 g/mol. The van der Waals surface area contributed by atoms with E-state index < -0.39 is 59.3 Å². The highest BCUT2D eigenvalue weighted by Crippen LogP contribution is 2.48. The van der Waals surface area contributed by atoms with E-state index in [-0.39, 0.29) is 24.5 Å². The van der Waals surface area contributed by atoms with E-state index in [9.17, 15) is 18.0 Å². The standard InChI is InChI=1S/C23H26F3N3O7/c1-22(2)34-10-16-20(36-22)19(21(32-11-17(30)31-3)23(35-16)5-4-6-33-23)29-9-15(27-28-29)12-7-13(24)18(26)14(25)8-12/h7-9,16,19-21H,4-6,10-11H2,1-3H3/t16-,19+,20+,21-,23+/m1/s1. The van der Waals surface area contributed by atoms with Gasteiger partial charge in [-0.15, -0.1) is 5.10 Å². The Balaban J connectivity index is 1.57. The van der Waals surface area contributed by atoms with Gasteiger partial charge in [-0.1, -0.05) is 5.21 Å². The van der Waals surface area contributed by atoms with Crippen molar-refractivity contribution < 1.29 is 46.4 Å². The first-order valence-electron chi connectivity index (χ1n) is 11.5. The van der Waals surface area contributed by atoms with E-state index in [1.807, 2.05) is 0 Å². The van der Waals surface area contributed by atoms with Gasteiger partial charge in [0.05, 0.1) is 26.5 Å². The Kier molecular flexibility index (Phi) is 6.53. The van der Waals surface area contributed by atoms with Crippen molar-refractivity contribution in [2.75, 3.05) is 26.9 Å². The predicted molar refractivity (Wildman–Crippen MR) is 114 cm³/mol. The second-order valence-electron chi connectivity index (χ2n) is 9.35. The Labute approximate surface area is 204 Å². The quantitative estimate of drug-likeness (QED) is 0.441. The highest BCUT2D eigenvalue weighted by Gasteiger charge is 2.61. The van der Waals surface area contributed by atoms with E-state index >= 15 is 0 Å². The fraction of sp³-hybridized carbons (Fsp3) is 0.609. The summed E-state index contributed by atoms with van der Waals surface area (Å²) < 4.78 is 77.8. The molecule has 3 saturated heterocycles. The molecule has 1 spiro atoms. The monoisotopic (exact) mass is 513 g/mol. The van der Waals surface area contributed by atoms with Gasteiger partial charge in [-0.25, -0.2) is 22.6 Å². The molecular weight excluding hydrogens is 487 g/mol. The molecule has 36 heavy (non-hydrogen) atoms. The van der Waals surface area contributed by atoms with Crippen LogP contribution < -0.4 is 0 Å². The van der Waals surface area contributed by atoms with Crippen molar-refractivity contribution in [1.29, 1.82) is 0 Å². The number of rotatable bonds is 5. The maximum absolute atomic E-state index is 13.9. The van der Waals surface area contributed by atoms with Crippen molar-refractivity contribution in [3.05, 3.63) is 35.8 Å². The van der Waals surface area contributed by atoms with Gasteiger partial charge in [-0.2, -0.15) is 0 Å². The van der Waals surface area contributed by atoms with Crippen molar-refractivity contribution in [2.24, 2.45) is 0 Å². The lowest BCUT2D eigenvalue weighted by atomic mass is 9.87. The minimum absolute atomic E-state index is 0.00616. The molecule has 0 saturated carbocycles. The van der Waals surface area contributed by atoms with Gasteiger partial charge in [0, 0.05) is 12.0 Å². The molecule has 1 aromatic carbocycles. The molecule has 4 heterocycles. The third-order valence-corrected chi connectivity index (χ3v) is 6.53. The number of hydrogen-bond donors (Lipinski definition) is 0. The Morgan fingerprint density at radius 1 is 1.19 bits per heavy atom. The third-order valence-electron chi connectivity index (χ3n) is 6.53. The van der Waals surface area contributed by atoms with Gasteiger partial charge >= 0.3 is 5.97 Å². The zero-order valence-electron chi connectivity index (χ0n) is 19.9. The van der Waals surface area contributed by atoms with Crippen molar-refractivity contribution in [1.82, 2.24) is 15.0 Å². The number of halogens is 3. The summed E-state index contributed by atoms with van der Waals surface area (Å²) in [6.07, 6.45) is 0.451. The van der Waals surface area contributed by atoms with E-state index in [4.69, 9.17) is 28.4 Å². The molecular formula is C23H26F3N3O7. The van der Waals surface area contributed by atoms with Gasteiger partial charge in [0.15, 0.2) is 29.0 Å². The molecule has 196 valence electrons. The lowest BCUT2D eigenvalue weighted by Crippen LogP contribution is -2.67. The van der Waals surface area contributed by atoms with Crippen molar-refractivity contribution in [2.45, 2.75) is 62.6 Å². The maximum atomic E-state index is 13.9. The summed E-state index contributed by atoms with van der Waals surface area (Å²) in [5, 5.41) is 8.24. The lowest BCUT2D eigenvalue weighted by molar-refractivity contribution is -0.403. The minimum Gasteiger partial charge on any atom is -0.467 e. The number of hydrogen-bond acceptors (Lipinski definition) is 9. The Bertz CT molecular complexity index is 1110. The molecule has 0 aliphatic carbocycles. The molecule has 3 aliphatic rings. The number of nitrogens with zero attached hydrogens (tertiary/aromatic N) is 3. The summed E-state index contributed by atoms with van der Waals surface area (Å²) in [5.41, 5.74) is 0.0867. The second-order valence-corrected chi connectivity index (χ2v) is 9.35. The molecule has 0 bridgehead atoms. The van der Waals surface area contributed by atoms with Crippen LogP contribution in [0, 0.1) is 17.5 Å². The molecule has 0 amide bonds. The zero-order valence-corrected chi connectivity index (χ0v) is 19.9. The van der Waals surface area contributed by atoms with E-state index in [0.29, 0.717) is 19.4 Å². The summed E-state index contributed by atoms with van der Waals surface area (Å²) in [7, 11) is 1.24. The summed E-state index contributed by atoms with van der Waals surface area (Å²) in [4.78, 5) is 12.0. The number of ether oxygens (including phenoxy) is 6. The van der Waals surface area contributed by atoms with Gasteiger partial charge in [0.25, 0.3) is 0 Å². The first kappa shape index (κ1) is 25.1. The molecule has 13 heteroatoms. The molecule has 1 aromatic heterocycles. The average Bonchev–Trinajstić information content (AvgIpc) is 3.51. The van der Waals surface area contributed by atoms with E-state index in [1.54, 1.807) is 13.8 Å². The van der Waals surface area contributed by atoms with Crippen LogP contribution in [0.15, 0.2) is 18.3 Å². The number of aromatic nitrogens is 3. The summed E-state index contributed by atoms with van der Waals surface area (Å²) in [6.45, 7) is 3.71. The van der Waals surface area contributed by atoms with Gasteiger partial charge in [-0.05, 0) is 32.4 Å². The van der Waals surface area contributed by atoms with Crippen LogP contribution in [0.1, 0.15) is 32.7 Å². The van der Waals surface area contributed by atoms with Crippen LogP contribution in [-0.2, 0) is 33.2 Å². The van der Waals surface area contributed by atoms with Crippen molar-refractivity contribution in [3.63, 3.8) is 0 Å². The molecule has 0 unspecified atom stereocenters. The minimum atomic E-state index is -1.58. The van der Waals surface area contributed by atoms with Crippen LogP contribution >= 0.6 is 0 Å². The van der Waals surface area contributed by atoms with Crippen molar-refractivity contribution >= 4 is 5.97 Å². The van der Waals surface area contributed by atoms with E-state index in [2.05, 4.69) is 10.3 Å². The first-order chi connectivity index (χ1) is 17.1. The number of fused-ring (bicyclic) bond motifs is 1. The van der Waals surface area contributed by atoms with Crippen LogP contribution in [0.25, 0.3) is 11.3 Å². The molecule has 2 aromatic rings. The molecule has 5 rings (SSSR count). The normalized spacial score (nSPS) is 31.4. The highest BCUT2D eigenvalue weighted by atomic mass is 19.2. The predicted octanol–water partition coefficient (Wildman–Crippen LogP) is 2.52. The number of methoxy groups -OCH3 is 1. The Morgan fingerprint density at radius 2 is 1.94 bits per heavy atom. The second kappa shape index (κ2) is 9.38. The molecule has 3 aliphatic heterocycles. The lowest BCUT2D eigenvalue weighted by Gasteiger charge is -2.54. The van der Waals surface area contributed by atoms with Crippen LogP contribution in [0.4, 0.5) is 13.2 Å². The number of benzene rings is 1. The summed E-state index contributed by atoms with van der Waals surface area (Å²) in [5.74, 6) is -7.07. The fourth-order valence-electron chi connectivity index (χ4n) is 4.90. The van der Waals surface area contributed by atoms with Gasteiger partial charge < -0.3 is 28.4 Å². The number of esters is 1. The fourth-order valence-corrected chi connectivity index (χ4v) is 4.90. The molecule has 0 N–H and O–H groups in total. The van der Waals surface area contributed by atoms with Crippen LogP contribution in [0.2, 0.25) is 0 Å². The smallest absolute Gasteiger partial charge is 0.331 e.